The van der Waals surface area contributed by atoms with Crippen LogP contribution in [-0.2, 0) is 11.8 Å². The van der Waals surface area contributed by atoms with Crippen LogP contribution < -0.4 is 5.32 Å². The topological polar surface area (TPSA) is 61.9 Å². The molecular weight excluding hydrogens is 322 g/mol. The molecule has 0 unspecified atom stereocenters. The smallest absolute Gasteiger partial charge is 0.232 e. The Morgan fingerprint density at radius 1 is 1.04 bits per heavy atom. The van der Waals surface area contributed by atoms with E-state index >= 15 is 0 Å². The van der Waals surface area contributed by atoms with E-state index in [0.717, 1.165) is 12.0 Å². The van der Waals surface area contributed by atoms with Crippen molar-refractivity contribution in [3.8, 4) is 17.5 Å². The predicted octanol–water partition coefficient (Wildman–Crippen LogP) is 5.17. The van der Waals surface area contributed by atoms with Gasteiger partial charge in [0.25, 0.3) is 0 Å². The van der Waals surface area contributed by atoms with E-state index in [-0.39, 0.29) is 11.1 Å². The van der Waals surface area contributed by atoms with Gasteiger partial charge >= 0.3 is 0 Å². The Bertz CT molecular complexity index is 897. The number of nitriles is 1. The van der Waals surface area contributed by atoms with Crippen molar-refractivity contribution in [1.82, 2.24) is 4.98 Å². The van der Waals surface area contributed by atoms with Crippen LogP contribution in [0.1, 0.15) is 37.6 Å². The lowest BCUT2D eigenvalue weighted by Crippen LogP contribution is -2.10. The van der Waals surface area contributed by atoms with Crippen molar-refractivity contribution in [2.45, 2.75) is 32.6 Å². The van der Waals surface area contributed by atoms with Gasteiger partial charge in [-0.05, 0) is 35.1 Å². The highest BCUT2D eigenvalue weighted by Gasteiger charge is 2.16. The quantitative estimate of drug-likeness (QED) is 0.693. The number of oxazole rings is 1. The van der Waals surface area contributed by atoms with Crippen LogP contribution in [0, 0.1) is 11.3 Å². The average molecular weight is 345 g/mol. The Morgan fingerprint density at radius 3 is 2.35 bits per heavy atom. The Labute approximate surface area is 154 Å². The largest absolute Gasteiger partial charge is 0.419 e. The highest BCUT2D eigenvalue weighted by atomic mass is 16.4. The van der Waals surface area contributed by atoms with Crippen LogP contribution in [0.15, 0.2) is 59.0 Å². The number of nitrogens with one attached hydrogen (secondary N) is 1. The number of anilines is 1. The zero-order valence-corrected chi connectivity index (χ0v) is 15.4. The number of rotatable bonds is 5. The highest BCUT2D eigenvalue weighted by Crippen LogP contribution is 2.28. The fraction of sp³-hybridized carbons (Fsp3) is 0.273. The van der Waals surface area contributed by atoms with Gasteiger partial charge in [-0.1, -0.05) is 63.2 Å². The molecule has 0 spiro atoms. The molecule has 0 aliphatic carbocycles. The van der Waals surface area contributed by atoms with Crippen LogP contribution in [0.2, 0.25) is 0 Å². The number of benzene rings is 2. The van der Waals surface area contributed by atoms with Crippen LogP contribution in [0.25, 0.3) is 11.5 Å². The number of hydrogen-bond acceptors (Lipinski definition) is 4. The maximum atomic E-state index is 9.33. The third-order valence-electron chi connectivity index (χ3n) is 4.27. The predicted molar refractivity (Wildman–Crippen MR) is 104 cm³/mol. The van der Waals surface area contributed by atoms with E-state index in [1.165, 1.54) is 11.1 Å². The molecule has 3 aromatic rings. The summed E-state index contributed by atoms with van der Waals surface area (Å²) in [6, 6.07) is 20.4. The molecule has 4 nitrogen and oxygen atoms in total. The van der Waals surface area contributed by atoms with Crippen molar-refractivity contribution in [2.75, 3.05) is 11.9 Å². The summed E-state index contributed by atoms with van der Waals surface area (Å²) in [6.45, 7) is 7.21. The molecule has 3 rings (SSSR count). The van der Waals surface area contributed by atoms with E-state index in [1.807, 2.05) is 30.3 Å². The van der Waals surface area contributed by atoms with Crippen molar-refractivity contribution >= 4 is 5.88 Å². The first-order chi connectivity index (χ1) is 12.5. The molecule has 0 aliphatic rings. The fourth-order valence-corrected chi connectivity index (χ4v) is 2.72. The molecule has 0 atom stereocenters. The van der Waals surface area contributed by atoms with Crippen molar-refractivity contribution in [3.05, 3.63) is 71.4 Å². The molecule has 26 heavy (non-hydrogen) atoms. The number of nitrogens with zero attached hydrogens (tertiary/aromatic N) is 2. The van der Waals surface area contributed by atoms with Crippen LogP contribution in [0.5, 0.6) is 0 Å². The van der Waals surface area contributed by atoms with Gasteiger partial charge in [-0.15, -0.1) is 0 Å². The summed E-state index contributed by atoms with van der Waals surface area (Å²) in [6.07, 6.45) is 0.849. The monoisotopic (exact) mass is 345 g/mol. The molecule has 4 heteroatoms. The highest BCUT2D eigenvalue weighted by molar-refractivity contribution is 5.59. The summed E-state index contributed by atoms with van der Waals surface area (Å²) in [5.74, 6) is 0.891. The third kappa shape index (κ3) is 4.12. The molecule has 1 heterocycles. The molecule has 1 N–H and O–H groups in total. The zero-order chi connectivity index (χ0) is 18.6. The fourth-order valence-electron chi connectivity index (χ4n) is 2.72. The zero-order valence-electron chi connectivity index (χ0n) is 15.4. The van der Waals surface area contributed by atoms with Crippen LogP contribution in [0.4, 0.5) is 5.88 Å². The lowest BCUT2D eigenvalue weighted by molar-refractivity contribution is 0.582. The standard InChI is InChI=1S/C22H23N3O/c1-22(2,3)18-11-9-17(10-12-18)20-25-19(15-23)21(26-20)24-14-13-16-7-5-4-6-8-16/h4-12,24H,13-14H2,1-3H3. The van der Waals surface area contributed by atoms with E-state index in [1.54, 1.807) is 0 Å². The SMILES string of the molecule is CC(C)(C)c1ccc(-c2nc(C#N)c(NCCc3ccccc3)o2)cc1. The molecule has 0 saturated carbocycles. The maximum absolute atomic E-state index is 9.33. The molecule has 0 amide bonds. The first-order valence-electron chi connectivity index (χ1n) is 8.77. The minimum atomic E-state index is 0.0943. The Balaban J connectivity index is 1.73. The van der Waals surface area contributed by atoms with Crippen molar-refractivity contribution < 1.29 is 4.42 Å². The summed E-state index contributed by atoms with van der Waals surface area (Å²) >= 11 is 0. The minimum Gasteiger partial charge on any atom is -0.419 e. The summed E-state index contributed by atoms with van der Waals surface area (Å²) in [7, 11) is 0. The lowest BCUT2D eigenvalue weighted by Gasteiger charge is -2.18. The Hall–Kier alpha value is -3.06. The summed E-state index contributed by atoms with van der Waals surface area (Å²) in [4.78, 5) is 4.33. The third-order valence-corrected chi connectivity index (χ3v) is 4.27. The van der Waals surface area contributed by atoms with E-state index in [0.29, 0.717) is 18.3 Å². The van der Waals surface area contributed by atoms with E-state index in [9.17, 15) is 5.26 Å². The van der Waals surface area contributed by atoms with Gasteiger partial charge in [-0.2, -0.15) is 10.2 Å². The van der Waals surface area contributed by atoms with E-state index < -0.39 is 0 Å². The molecule has 2 aromatic carbocycles. The minimum absolute atomic E-state index is 0.0943. The molecule has 0 bridgehead atoms. The first-order valence-corrected chi connectivity index (χ1v) is 8.77. The second-order valence-electron chi connectivity index (χ2n) is 7.30. The van der Waals surface area contributed by atoms with Gasteiger partial charge in [0.1, 0.15) is 6.07 Å². The van der Waals surface area contributed by atoms with Gasteiger partial charge in [0, 0.05) is 12.1 Å². The van der Waals surface area contributed by atoms with E-state index in [2.05, 4.69) is 61.4 Å². The normalized spacial score (nSPS) is 11.2. The number of aromatic nitrogens is 1. The molecule has 0 aliphatic heterocycles. The second-order valence-corrected chi connectivity index (χ2v) is 7.30. The van der Waals surface area contributed by atoms with Gasteiger partial charge in [-0.3, -0.25) is 0 Å². The summed E-state index contributed by atoms with van der Waals surface area (Å²) in [5, 5.41) is 12.5. The Kier molecular flexibility index (Phi) is 5.09. The Morgan fingerprint density at radius 2 is 1.73 bits per heavy atom. The van der Waals surface area contributed by atoms with Crippen LogP contribution in [-0.4, -0.2) is 11.5 Å². The second kappa shape index (κ2) is 7.45. The van der Waals surface area contributed by atoms with Crippen LogP contribution in [0.3, 0.4) is 0 Å². The van der Waals surface area contributed by atoms with Gasteiger partial charge < -0.3 is 9.73 Å². The van der Waals surface area contributed by atoms with Gasteiger partial charge in [0.15, 0.2) is 0 Å². The van der Waals surface area contributed by atoms with Gasteiger partial charge in [0.2, 0.25) is 17.5 Å². The lowest BCUT2D eigenvalue weighted by atomic mass is 9.87. The first kappa shape index (κ1) is 17.8. The van der Waals surface area contributed by atoms with Gasteiger partial charge in [0.05, 0.1) is 0 Å². The maximum Gasteiger partial charge on any atom is 0.232 e. The molecule has 0 fully saturated rings. The molecule has 0 saturated heterocycles. The van der Waals surface area contributed by atoms with Crippen molar-refractivity contribution in [3.63, 3.8) is 0 Å². The average Bonchev–Trinajstić information content (AvgIpc) is 3.05. The summed E-state index contributed by atoms with van der Waals surface area (Å²) < 4.78 is 5.81. The summed E-state index contributed by atoms with van der Waals surface area (Å²) in [5.41, 5.74) is 3.72. The van der Waals surface area contributed by atoms with Crippen molar-refractivity contribution in [2.24, 2.45) is 0 Å². The van der Waals surface area contributed by atoms with Crippen molar-refractivity contribution in [1.29, 1.82) is 5.26 Å². The molecular formula is C22H23N3O. The molecule has 132 valence electrons. The van der Waals surface area contributed by atoms with Gasteiger partial charge in [-0.25, -0.2) is 0 Å². The molecule has 1 aromatic heterocycles. The van der Waals surface area contributed by atoms with E-state index in [4.69, 9.17) is 4.42 Å². The molecule has 0 radical (unpaired) electrons. The number of hydrogen-bond donors (Lipinski definition) is 1. The van der Waals surface area contributed by atoms with Crippen LogP contribution >= 0.6 is 0 Å².